The number of pyridine rings is 1. The second kappa shape index (κ2) is 4.61. The summed E-state index contributed by atoms with van der Waals surface area (Å²) in [5, 5.41) is 8.91. The standard InChI is InChI=1S/C13H7F3N2O/c1-6-4-8(9(5-17)13(19)18-6)7-2-3-10(14)12(16)11(7)15/h2-4H,1H3,(H,18,19). The summed E-state index contributed by atoms with van der Waals surface area (Å²) in [7, 11) is 0. The van der Waals surface area contributed by atoms with Gasteiger partial charge in [-0.1, -0.05) is 0 Å². The van der Waals surface area contributed by atoms with Gasteiger partial charge in [0.1, 0.15) is 11.6 Å². The fourth-order valence-electron chi connectivity index (χ4n) is 1.75. The minimum atomic E-state index is -1.64. The first-order chi connectivity index (χ1) is 8.95. The van der Waals surface area contributed by atoms with Crippen molar-refractivity contribution >= 4 is 0 Å². The van der Waals surface area contributed by atoms with E-state index in [2.05, 4.69) is 4.98 Å². The summed E-state index contributed by atoms with van der Waals surface area (Å²) in [4.78, 5) is 13.9. The SMILES string of the molecule is Cc1cc(-c2ccc(F)c(F)c2F)c(C#N)c(=O)[nH]1. The predicted molar refractivity (Wildman–Crippen MR) is 61.8 cm³/mol. The number of nitrogens with one attached hydrogen (secondary N) is 1. The van der Waals surface area contributed by atoms with E-state index in [0.717, 1.165) is 12.1 Å². The Morgan fingerprint density at radius 3 is 2.47 bits per heavy atom. The molecule has 0 aliphatic heterocycles. The number of nitriles is 1. The summed E-state index contributed by atoms with van der Waals surface area (Å²) >= 11 is 0. The summed E-state index contributed by atoms with van der Waals surface area (Å²) in [5.74, 6) is -4.40. The van der Waals surface area contributed by atoms with Crippen LogP contribution in [-0.2, 0) is 0 Å². The van der Waals surface area contributed by atoms with E-state index < -0.39 is 23.0 Å². The van der Waals surface area contributed by atoms with Crippen LogP contribution >= 0.6 is 0 Å². The van der Waals surface area contributed by atoms with Gasteiger partial charge < -0.3 is 4.98 Å². The molecule has 0 amide bonds. The molecule has 0 radical (unpaired) electrons. The summed E-state index contributed by atoms with van der Waals surface area (Å²) < 4.78 is 39.8. The molecule has 2 rings (SSSR count). The number of aromatic amines is 1. The molecule has 0 spiro atoms. The average molecular weight is 264 g/mol. The lowest BCUT2D eigenvalue weighted by Gasteiger charge is -2.07. The molecule has 19 heavy (non-hydrogen) atoms. The fraction of sp³-hybridized carbons (Fsp3) is 0.0769. The molecule has 0 fully saturated rings. The van der Waals surface area contributed by atoms with Crippen molar-refractivity contribution in [3.8, 4) is 17.2 Å². The van der Waals surface area contributed by atoms with Crippen LogP contribution in [0.3, 0.4) is 0 Å². The summed E-state index contributed by atoms with van der Waals surface area (Å²) in [6, 6.07) is 4.68. The van der Waals surface area contributed by atoms with E-state index in [4.69, 9.17) is 5.26 Å². The molecule has 6 heteroatoms. The quantitative estimate of drug-likeness (QED) is 0.805. The zero-order valence-electron chi connectivity index (χ0n) is 9.72. The van der Waals surface area contributed by atoms with Crippen LogP contribution in [0, 0.1) is 35.7 Å². The van der Waals surface area contributed by atoms with E-state index in [9.17, 15) is 18.0 Å². The fourth-order valence-corrected chi connectivity index (χ4v) is 1.75. The number of nitrogens with zero attached hydrogens (tertiary/aromatic N) is 1. The van der Waals surface area contributed by atoms with E-state index in [1.54, 1.807) is 6.07 Å². The van der Waals surface area contributed by atoms with Crippen LogP contribution in [0.4, 0.5) is 13.2 Å². The van der Waals surface area contributed by atoms with Crippen molar-refractivity contribution in [1.29, 1.82) is 5.26 Å². The summed E-state index contributed by atoms with van der Waals surface area (Å²) in [6.45, 7) is 1.53. The van der Waals surface area contributed by atoms with Crippen LogP contribution in [0.15, 0.2) is 23.0 Å². The number of aromatic nitrogens is 1. The van der Waals surface area contributed by atoms with Crippen LogP contribution < -0.4 is 5.56 Å². The van der Waals surface area contributed by atoms with Crippen LogP contribution in [0.25, 0.3) is 11.1 Å². The lowest BCUT2D eigenvalue weighted by Crippen LogP contribution is -2.13. The number of benzene rings is 1. The highest BCUT2D eigenvalue weighted by Crippen LogP contribution is 2.27. The van der Waals surface area contributed by atoms with Gasteiger partial charge >= 0.3 is 0 Å². The number of halogens is 3. The maximum Gasteiger partial charge on any atom is 0.266 e. The van der Waals surface area contributed by atoms with Gasteiger partial charge in [0.2, 0.25) is 0 Å². The second-order valence-corrected chi connectivity index (χ2v) is 3.90. The van der Waals surface area contributed by atoms with Crippen molar-refractivity contribution in [3.63, 3.8) is 0 Å². The lowest BCUT2D eigenvalue weighted by molar-refractivity contribution is 0.449. The molecule has 1 heterocycles. The van der Waals surface area contributed by atoms with E-state index >= 15 is 0 Å². The molecule has 0 bridgehead atoms. The first-order valence-electron chi connectivity index (χ1n) is 5.23. The van der Waals surface area contributed by atoms with Gasteiger partial charge in [-0.25, -0.2) is 13.2 Å². The van der Waals surface area contributed by atoms with Gasteiger partial charge in [0.25, 0.3) is 5.56 Å². The Kier molecular flexibility index (Phi) is 3.13. The number of hydrogen-bond donors (Lipinski definition) is 1. The predicted octanol–water partition coefficient (Wildman–Crippen LogP) is 2.64. The third-order valence-corrected chi connectivity index (χ3v) is 2.61. The molecule has 0 aliphatic rings. The van der Waals surface area contributed by atoms with Crippen LogP contribution in [0.2, 0.25) is 0 Å². The molecule has 0 unspecified atom stereocenters. The van der Waals surface area contributed by atoms with Crippen LogP contribution in [-0.4, -0.2) is 4.98 Å². The number of H-pyrrole nitrogens is 1. The number of rotatable bonds is 1. The Bertz CT molecular complexity index is 760. The lowest BCUT2D eigenvalue weighted by atomic mass is 10.0. The maximum atomic E-state index is 13.7. The summed E-state index contributed by atoms with van der Waals surface area (Å²) in [6.07, 6.45) is 0. The molecule has 2 aromatic rings. The molecule has 0 saturated carbocycles. The van der Waals surface area contributed by atoms with Crippen molar-refractivity contribution in [3.05, 3.63) is 57.3 Å². The van der Waals surface area contributed by atoms with Crippen molar-refractivity contribution in [2.24, 2.45) is 0 Å². The topological polar surface area (TPSA) is 56.6 Å². The molecular formula is C13H7F3N2O. The van der Waals surface area contributed by atoms with Crippen molar-refractivity contribution in [2.75, 3.05) is 0 Å². The summed E-state index contributed by atoms with van der Waals surface area (Å²) in [5.41, 5.74) is -1.08. The normalized spacial score (nSPS) is 10.3. The Morgan fingerprint density at radius 2 is 1.84 bits per heavy atom. The molecule has 0 atom stereocenters. The van der Waals surface area contributed by atoms with Crippen molar-refractivity contribution < 1.29 is 13.2 Å². The number of aryl methyl sites for hydroxylation is 1. The van der Waals surface area contributed by atoms with Gasteiger partial charge in [0.15, 0.2) is 17.5 Å². The van der Waals surface area contributed by atoms with Crippen LogP contribution in [0.1, 0.15) is 11.3 Å². The first-order valence-corrected chi connectivity index (χ1v) is 5.23. The van der Waals surface area contributed by atoms with Crippen LogP contribution in [0.5, 0.6) is 0 Å². The van der Waals surface area contributed by atoms with Crippen molar-refractivity contribution in [1.82, 2.24) is 4.98 Å². The largest absolute Gasteiger partial charge is 0.325 e. The Labute approximate surface area is 105 Å². The maximum absolute atomic E-state index is 13.7. The Balaban J connectivity index is 2.84. The minimum Gasteiger partial charge on any atom is -0.325 e. The van der Waals surface area contributed by atoms with E-state index in [1.807, 2.05) is 0 Å². The van der Waals surface area contributed by atoms with Crippen molar-refractivity contribution in [2.45, 2.75) is 6.92 Å². The number of hydrogen-bond acceptors (Lipinski definition) is 2. The first kappa shape index (κ1) is 12.9. The third-order valence-electron chi connectivity index (χ3n) is 2.61. The monoisotopic (exact) mass is 264 g/mol. The third kappa shape index (κ3) is 2.10. The van der Waals surface area contributed by atoms with E-state index in [0.29, 0.717) is 5.69 Å². The molecule has 0 aliphatic carbocycles. The van der Waals surface area contributed by atoms with Gasteiger partial charge in [-0.2, -0.15) is 5.26 Å². The Hall–Kier alpha value is -2.55. The zero-order chi connectivity index (χ0) is 14.2. The minimum absolute atomic E-state index is 0.0693. The molecule has 1 aromatic heterocycles. The van der Waals surface area contributed by atoms with E-state index in [-0.39, 0.29) is 16.7 Å². The molecule has 1 N–H and O–H groups in total. The van der Waals surface area contributed by atoms with Gasteiger partial charge in [-0.15, -0.1) is 0 Å². The second-order valence-electron chi connectivity index (χ2n) is 3.90. The van der Waals surface area contributed by atoms with E-state index in [1.165, 1.54) is 13.0 Å². The highest BCUT2D eigenvalue weighted by atomic mass is 19.2. The average Bonchev–Trinajstić information content (AvgIpc) is 2.35. The molecule has 0 saturated heterocycles. The highest BCUT2D eigenvalue weighted by molar-refractivity contribution is 5.70. The smallest absolute Gasteiger partial charge is 0.266 e. The Morgan fingerprint density at radius 1 is 1.16 bits per heavy atom. The van der Waals surface area contributed by atoms with Gasteiger partial charge in [-0.3, -0.25) is 4.79 Å². The highest BCUT2D eigenvalue weighted by Gasteiger charge is 2.18. The van der Waals surface area contributed by atoms with Gasteiger partial charge in [0.05, 0.1) is 0 Å². The molecular weight excluding hydrogens is 257 g/mol. The molecule has 3 nitrogen and oxygen atoms in total. The molecule has 96 valence electrons. The van der Waals surface area contributed by atoms with Gasteiger partial charge in [-0.05, 0) is 25.1 Å². The van der Waals surface area contributed by atoms with Gasteiger partial charge in [0, 0.05) is 16.8 Å². The zero-order valence-corrected chi connectivity index (χ0v) is 9.72. The molecule has 1 aromatic carbocycles.